The van der Waals surface area contributed by atoms with Gasteiger partial charge in [-0.25, -0.2) is 8.42 Å². The van der Waals surface area contributed by atoms with E-state index < -0.39 is 22.0 Å². The van der Waals surface area contributed by atoms with E-state index >= 15 is 0 Å². The zero-order valence-corrected chi connectivity index (χ0v) is 20.0. The van der Waals surface area contributed by atoms with Gasteiger partial charge in [-0.15, -0.1) is 0 Å². The summed E-state index contributed by atoms with van der Waals surface area (Å²) in [4.78, 5) is 24.6. The molecule has 3 rings (SSSR count). The van der Waals surface area contributed by atoms with Crippen molar-refractivity contribution in [1.82, 2.24) is 10.0 Å². The monoisotopic (exact) mass is 457 g/mol. The van der Waals surface area contributed by atoms with Gasteiger partial charge in [-0.1, -0.05) is 18.2 Å². The molecule has 1 fully saturated rings. The number of carbonyl (C=O) groups excluding carboxylic acids is 2. The van der Waals surface area contributed by atoms with Crippen LogP contribution in [0.4, 0.5) is 5.69 Å². The van der Waals surface area contributed by atoms with Gasteiger partial charge in [0.2, 0.25) is 21.8 Å². The lowest BCUT2D eigenvalue weighted by molar-refractivity contribution is -0.122. The number of nitrogens with one attached hydrogen (secondary N) is 3. The molecule has 1 saturated carbocycles. The summed E-state index contributed by atoms with van der Waals surface area (Å²) in [6, 6.07) is 8.25. The number of carbonyl (C=O) groups is 2. The molecule has 1 atom stereocenters. The molecule has 2 aromatic rings. The van der Waals surface area contributed by atoms with Crippen molar-refractivity contribution in [3.05, 3.63) is 58.1 Å². The van der Waals surface area contributed by atoms with Gasteiger partial charge in [-0.05, 0) is 87.4 Å². The van der Waals surface area contributed by atoms with Crippen LogP contribution in [0.5, 0.6) is 0 Å². The molecule has 0 aliphatic heterocycles. The predicted molar refractivity (Wildman–Crippen MR) is 125 cm³/mol. The van der Waals surface area contributed by atoms with Crippen LogP contribution in [0.3, 0.4) is 0 Å². The minimum absolute atomic E-state index is 0.0430. The molecule has 1 aliphatic carbocycles. The third kappa shape index (κ3) is 5.55. The molecule has 0 radical (unpaired) electrons. The summed E-state index contributed by atoms with van der Waals surface area (Å²) in [7, 11) is -3.86. The maximum Gasteiger partial charge on any atom is 0.241 e. The second-order valence-electron chi connectivity index (χ2n) is 8.61. The molecule has 172 valence electrons. The minimum Gasteiger partial charge on any atom is -0.351 e. The molecule has 2 amide bonds. The first kappa shape index (κ1) is 23.9. The summed E-state index contributed by atoms with van der Waals surface area (Å²) < 4.78 is 28.5. The highest BCUT2D eigenvalue weighted by atomic mass is 32.2. The van der Waals surface area contributed by atoms with Crippen molar-refractivity contribution in [1.29, 1.82) is 0 Å². The van der Waals surface area contributed by atoms with Crippen LogP contribution in [0.15, 0.2) is 35.2 Å². The van der Waals surface area contributed by atoms with Gasteiger partial charge in [0.25, 0.3) is 0 Å². The summed E-state index contributed by atoms with van der Waals surface area (Å²) in [5, 5.41) is 5.63. The molecular formula is C24H31N3O4S. The van der Waals surface area contributed by atoms with Gasteiger partial charge in [0, 0.05) is 18.2 Å². The van der Waals surface area contributed by atoms with Crippen molar-refractivity contribution < 1.29 is 18.0 Å². The number of aryl methyl sites for hydroxylation is 2. The largest absolute Gasteiger partial charge is 0.351 e. The average molecular weight is 458 g/mol. The maximum absolute atomic E-state index is 13.0. The highest BCUT2D eigenvalue weighted by Gasteiger charge is 2.29. The van der Waals surface area contributed by atoms with Crippen LogP contribution in [0.2, 0.25) is 0 Å². The Labute approximate surface area is 190 Å². The van der Waals surface area contributed by atoms with E-state index in [1.807, 2.05) is 32.0 Å². The van der Waals surface area contributed by atoms with Gasteiger partial charge in [0.05, 0.1) is 10.9 Å². The Balaban J connectivity index is 1.59. The molecule has 0 bridgehead atoms. The highest BCUT2D eigenvalue weighted by molar-refractivity contribution is 7.89. The van der Waals surface area contributed by atoms with Crippen molar-refractivity contribution in [2.45, 2.75) is 64.9 Å². The highest BCUT2D eigenvalue weighted by Crippen LogP contribution is 2.30. The maximum atomic E-state index is 13.0. The van der Waals surface area contributed by atoms with E-state index in [-0.39, 0.29) is 23.3 Å². The van der Waals surface area contributed by atoms with Crippen LogP contribution in [0.25, 0.3) is 0 Å². The zero-order valence-electron chi connectivity index (χ0n) is 19.2. The topological polar surface area (TPSA) is 104 Å². The number of rotatable bonds is 8. The summed E-state index contributed by atoms with van der Waals surface area (Å²) in [5.74, 6) is -0.240. The number of hydrogen-bond donors (Lipinski definition) is 3. The number of hydrogen-bond acceptors (Lipinski definition) is 4. The molecular weight excluding hydrogens is 426 g/mol. The van der Waals surface area contributed by atoms with Gasteiger partial charge < -0.3 is 10.6 Å². The fourth-order valence-electron chi connectivity index (χ4n) is 3.57. The van der Waals surface area contributed by atoms with Crippen LogP contribution in [0.1, 0.15) is 47.6 Å². The van der Waals surface area contributed by atoms with Gasteiger partial charge in [0.15, 0.2) is 0 Å². The smallest absolute Gasteiger partial charge is 0.241 e. The van der Waals surface area contributed by atoms with E-state index in [2.05, 4.69) is 15.4 Å². The Bertz CT molecular complexity index is 1110. The third-order valence-corrected chi connectivity index (χ3v) is 7.74. The normalized spacial score (nSPS) is 14.7. The number of amides is 2. The molecule has 1 aliphatic rings. The molecule has 32 heavy (non-hydrogen) atoms. The summed E-state index contributed by atoms with van der Waals surface area (Å²) in [5.41, 5.74) is 4.71. The predicted octanol–water partition coefficient (Wildman–Crippen LogP) is 3.25. The van der Waals surface area contributed by atoms with Crippen molar-refractivity contribution in [2.75, 3.05) is 5.32 Å². The van der Waals surface area contributed by atoms with Crippen molar-refractivity contribution >= 4 is 27.5 Å². The Morgan fingerprint density at radius 2 is 1.56 bits per heavy atom. The first-order valence-corrected chi connectivity index (χ1v) is 12.2. The third-order valence-electron chi connectivity index (χ3n) is 5.93. The van der Waals surface area contributed by atoms with E-state index in [1.165, 1.54) is 6.92 Å². The SMILES string of the molecule is Cc1cc(C)c(C)c(S(=O)(=O)N[C@@H](C)C(=O)NCc2ccc(NC(=O)C3CC3)cc2)c1C. The van der Waals surface area contributed by atoms with Crippen LogP contribution in [-0.2, 0) is 26.2 Å². The molecule has 7 nitrogen and oxygen atoms in total. The molecule has 3 N–H and O–H groups in total. The Hall–Kier alpha value is -2.71. The second-order valence-corrected chi connectivity index (χ2v) is 10.3. The first-order chi connectivity index (χ1) is 15.0. The van der Waals surface area contributed by atoms with Gasteiger partial charge >= 0.3 is 0 Å². The summed E-state index contributed by atoms with van der Waals surface area (Å²) in [6.07, 6.45) is 1.89. The minimum atomic E-state index is -3.86. The number of sulfonamides is 1. The van der Waals surface area contributed by atoms with Crippen LogP contribution in [-0.4, -0.2) is 26.3 Å². The van der Waals surface area contributed by atoms with E-state index in [0.29, 0.717) is 11.1 Å². The molecule has 0 heterocycles. The number of anilines is 1. The van der Waals surface area contributed by atoms with E-state index in [9.17, 15) is 18.0 Å². The molecule has 8 heteroatoms. The Kier molecular flexibility index (Phi) is 7.05. The average Bonchev–Trinajstić information content (AvgIpc) is 3.56. The Morgan fingerprint density at radius 3 is 2.09 bits per heavy atom. The van der Waals surface area contributed by atoms with Crippen LogP contribution >= 0.6 is 0 Å². The van der Waals surface area contributed by atoms with Crippen LogP contribution < -0.4 is 15.4 Å². The van der Waals surface area contributed by atoms with E-state index in [4.69, 9.17) is 0 Å². The lowest BCUT2D eigenvalue weighted by atomic mass is 10.0. The fraction of sp³-hybridized carbons (Fsp3) is 0.417. The zero-order chi connectivity index (χ0) is 23.6. The quantitative estimate of drug-likeness (QED) is 0.566. The van der Waals surface area contributed by atoms with E-state index in [0.717, 1.165) is 35.2 Å². The molecule has 0 aromatic heterocycles. The lowest BCUT2D eigenvalue weighted by Crippen LogP contribution is -2.44. The van der Waals surface area contributed by atoms with Gasteiger partial charge in [-0.3, -0.25) is 9.59 Å². The standard InChI is InChI=1S/C24H31N3O4S/c1-14-12-15(2)17(4)22(16(14)3)32(30,31)27-18(5)23(28)25-13-19-6-10-21(11-7-19)26-24(29)20-8-9-20/h6-7,10-12,18,20,27H,8-9,13H2,1-5H3,(H,25,28)(H,26,29)/t18-/m0/s1. The molecule has 2 aromatic carbocycles. The second kappa shape index (κ2) is 9.42. The van der Waals surface area contributed by atoms with E-state index in [1.54, 1.807) is 26.0 Å². The van der Waals surface area contributed by atoms with Crippen molar-refractivity contribution in [3.8, 4) is 0 Å². The molecule has 0 saturated heterocycles. The molecule has 0 spiro atoms. The Morgan fingerprint density at radius 1 is 1.00 bits per heavy atom. The van der Waals surface area contributed by atoms with Gasteiger partial charge in [-0.2, -0.15) is 4.72 Å². The van der Waals surface area contributed by atoms with Gasteiger partial charge in [0.1, 0.15) is 0 Å². The summed E-state index contributed by atoms with van der Waals surface area (Å²) >= 11 is 0. The molecule has 0 unspecified atom stereocenters. The lowest BCUT2D eigenvalue weighted by Gasteiger charge is -2.19. The van der Waals surface area contributed by atoms with Crippen molar-refractivity contribution in [2.24, 2.45) is 5.92 Å². The first-order valence-electron chi connectivity index (χ1n) is 10.8. The van der Waals surface area contributed by atoms with Crippen LogP contribution in [0, 0.1) is 33.6 Å². The summed E-state index contributed by atoms with van der Waals surface area (Å²) in [6.45, 7) is 9.08. The number of benzene rings is 2. The fourth-order valence-corrected chi connectivity index (χ4v) is 5.39. The van der Waals surface area contributed by atoms with Crippen molar-refractivity contribution in [3.63, 3.8) is 0 Å².